The number of ether oxygens (including phenoxy) is 3. The number of hydrogen-bond donors (Lipinski definition) is 1. The Morgan fingerprint density at radius 3 is 2.33 bits per heavy atom. The largest absolute Gasteiger partial charge is 0.493 e. The molecule has 4 aromatic rings. The Balaban J connectivity index is 1.75. The molecule has 30 heavy (non-hydrogen) atoms. The van der Waals surface area contributed by atoms with E-state index in [2.05, 4.69) is 9.97 Å². The summed E-state index contributed by atoms with van der Waals surface area (Å²) in [5, 5.41) is 0. The second-order valence-corrected chi connectivity index (χ2v) is 6.65. The molecule has 0 bridgehead atoms. The molecule has 0 spiro atoms. The summed E-state index contributed by atoms with van der Waals surface area (Å²) in [5.74, 6) is 1.51. The quantitative estimate of drug-likeness (QED) is 0.468. The number of aromatic amines is 1. The summed E-state index contributed by atoms with van der Waals surface area (Å²) in [7, 11) is 4.67. The van der Waals surface area contributed by atoms with Gasteiger partial charge in [-0.3, -0.25) is 4.79 Å². The Morgan fingerprint density at radius 1 is 1.00 bits per heavy atom. The Kier molecular flexibility index (Phi) is 5.34. The maximum absolute atomic E-state index is 12.9. The van der Waals surface area contributed by atoms with Gasteiger partial charge in [0.05, 0.1) is 38.8 Å². The highest BCUT2D eigenvalue weighted by atomic mass is 16.5. The van der Waals surface area contributed by atoms with Crippen LogP contribution in [0.1, 0.15) is 15.9 Å². The number of benzene rings is 2. The van der Waals surface area contributed by atoms with Crippen LogP contribution in [0.5, 0.6) is 17.2 Å². The van der Waals surface area contributed by atoms with Crippen LogP contribution in [0.3, 0.4) is 0 Å². The molecular weight excluding hydrogens is 382 g/mol. The number of carbonyl (C=O) groups is 1. The third-order valence-electron chi connectivity index (χ3n) is 4.85. The van der Waals surface area contributed by atoms with E-state index in [1.165, 1.54) is 0 Å². The Hall–Kier alpha value is -3.87. The fraction of sp³-hybridized carbons (Fsp3) is 0.174. The third-order valence-corrected chi connectivity index (χ3v) is 4.85. The zero-order valence-electron chi connectivity index (χ0n) is 16.9. The van der Waals surface area contributed by atoms with Crippen LogP contribution in [0.4, 0.5) is 0 Å². The zero-order valence-corrected chi connectivity index (χ0v) is 16.9. The summed E-state index contributed by atoms with van der Waals surface area (Å²) in [5.41, 5.74) is 3.88. The minimum atomic E-state index is -0.0243. The summed E-state index contributed by atoms with van der Waals surface area (Å²) in [6.45, 7) is 0. The van der Waals surface area contributed by atoms with Gasteiger partial charge in [-0.15, -0.1) is 0 Å². The maximum atomic E-state index is 12.9. The molecule has 2 heterocycles. The number of H-pyrrole nitrogens is 1. The van der Waals surface area contributed by atoms with Crippen molar-refractivity contribution in [2.75, 3.05) is 21.3 Å². The topological polar surface area (TPSA) is 86.3 Å². The van der Waals surface area contributed by atoms with Crippen molar-refractivity contribution in [1.29, 1.82) is 0 Å². The second-order valence-electron chi connectivity index (χ2n) is 6.65. The first kappa shape index (κ1) is 19.4. The number of fused-ring (bicyclic) bond motifs is 1. The molecule has 0 amide bonds. The molecule has 0 aliphatic carbocycles. The molecule has 152 valence electrons. The molecule has 4 rings (SSSR count). The summed E-state index contributed by atoms with van der Waals surface area (Å²) in [6, 6.07) is 13.2. The fourth-order valence-corrected chi connectivity index (χ4v) is 3.35. The van der Waals surface area contributed by atoms with Crippen molar-refractivity contribution in [3.05, 3.63) is 66.0 Å². The highest BCUT2D eigenvalue weighted by Gasteiger charge is 2.18. The lowest BCUT2D eigenvalue weighted by atomic mass is 10.0. The number of ketones is 1. The molecule has 0 atom stereocenters. The standard InChI is InChI=1S/C23H21N3O4/c1-28-19-10-15(11-20(29-2)22(19)30-3)17-13-25-23-21(26-17)16(12-24-23)18(27)9-14-7-5-4-6-8-14/h4-8,10-13H,9H2,1-3H3,(H,24,25). The monoisotopic (exact) mass is 403 g/mol. The lowest BCUT2D eigenvalue weighted by Crippen LogP contribution is -2.03. The first-order valence-electron chi connectivity index (χ1n) is 9.36. The predicted molar refractivity (Wildman–Crippen MR) is 113 cm³/mol. The van der Waals surface area contributed by atoms with Crippen LogP contribution in [0.2, 0.25) is 0 Å². The van der Waals surface area contributed by atoms with Crippen molar-refractivity contribution in [1.82, 2.24) is 15.0 Å². The molecule has 0 saturated heterocycles. The lowest BCUT2D eigenvalue weighted by molar-refractivity contribution is 0.0994. The van der Waals surface area contributed by atoms with Gasteiger partial charge in [0.2, 0.25) is 5.75 Å². The van der Waals surface area contributed by atoms with E-state index < -0.39 is 0 Å². The Morgan fingerprint density at radius 2 is 1.70 bits per heavy atom. The van der Waals surface area contributed by atoms with Gasteiger partial charge in [0.25, 0.3) is 0 Å². The summed E-state index contributed by atoms with van der Waals surface area (Å²) in [6.07, 6.45) is 3.60. The zero-order chi connectivity index (χ0) is 21.1. The van der Waals surface area contributed by atoms with E-state index in [0.29, 0.717) is 46.1 Å². The summed E-state index contributed by atoms with van der Waals surface area (Å²) < 4.78 is 16.2. The van der Waals surface area contributed by atoms with E-state index in [4.69, 9.17) is 19.2 Å². The minimum absolute atomic E-state index is 0.0243. The number of nitrogens with one attached hydrogen (secondary N) is 1. The molecule has 7 nitrogen and oxygen atoms in total. The van der Waals surface area contributed by atoms with Gasteiger partial charge in [-0.05, 0) is 17.7 Å². The highest BCUT2D eigenvalue weighted by Crippen LogP contribution is 2.40. The van der Waals surface area contributed by atoms with E-state index in [-0.39, 0.29) is 5.78 Å². The van der Waals surface area contributed by atoms with Crippen LogP contribution in [-0.2, 0) is 6.42 Å². The number of hydrogen-bond acceptors (Lipinski definition) is 6. The molecule has 1 N–H and O–H groups in total. The average molecular weight is 403 g/mol. The van der Waals surface area contributed by atoms with Crippen molar-refractivity contribution in [3.63, 3.8) is 0 Å². The number of rotatable bonds is 7. The first-order chi connectivity index (χ1) is 14.6. The molecule has 0 aliphatic rings. The van der Waals surface area contributed by atoms with Crippen LogP contribution in [0, 0.1) is 0 Å². The Bertz CT molecular complexity index is 1180. The Labute approximate surface area is 173 Å². The molecule has 2 aromatic carbocycles. The van der Waals surface area contributed by atoms with Gasteiger partial charge in [-0.1, -0.05) is 30.3 Å². The molecule has 0 unspecified atom stereocenters. The minimum Gasteiger partial charge on any atom is -0.493 e. The van der Waals surface area contributed by atoms with E-state index in [1.54, 1.807) is 45.9 Å². The summed E-state index contributed by atoms with van der Waals surface area (Å²) in [4.78, 5) is 25.1. The van der Waals surface area contributed by atoms with Gasteiger partial charge in [0, 0.05) is 18.2 Å². The number of aromatic nitrogens is 3. The van der Waals surface area contributed by atoms with Crippen LogP contribution in [-0.4, -0.2) is 42.1 Å². The molecule has 0 aliphatic heterocycles. The second kappa shape index (κ2) is 8.24. The number of nitrogens with zero attached hydrogens (tertiary/aromatic N) is 2. The van der Waals surface area contributed by atoms with Gasteiger partial charge in [0.1, 0.15) is 5.52 Å². The van der Waals surface area contributed by atoms with Crippen LogP contribution < -0.4 is 14.2 Å². The van der Waals surface area contributed by atoms with Crippen LogP contribution in [0.15, 0.2) is 54.9 Å². The van der Waals surface area contributed by atoms with Crippen molar-refractivity contribution < 1.29 is 19.0 Å². The molecule has 2 aromatic heterocycles. The van der Waals surface area contributed by atoms with Crippen molar-refractivity contribution in [3.8, 4) is 28.5 Å². The van der Waals surface area contributed by atoms with Gasteiger partial charge >= 0.3 is 0 Å². The van der Waals surface area contributed by atoms with Gasteiger partial charge < -0.3 is 19.2 Å². The normalized spacial score (nSPS) is 10.8. The summed E-state index contributed by atoms with van der Waals surface area (Å²) >= 11 is 0. The van der Waals surface area contributed by atoms with Gasteiger partial charge in [-0.25, -0.2) is 9.97 Å². The fourth-order valence-electron chi connectivity index (χ4n) is 3.35. The van der Waals surface area contributed by atoms with E-state index in [0.717, 1.165) is 11.1 Å². The SMILES string of the molecule is COc1cc(-c2cnc3[nH]cc(C(=O)Cc4ccccc4)c3n2)cc(OC)c1OC. The van der Waals surface area contributed by atoms with Crippen molar-refractivity contribution in [2.24, 2.45) is 0 Å². The van der Waals surface area contributed by atoms with Gasteiger partial charge in [0.15, 0.2) is 22.9 Å². The smallest absolute Gasteiger partial charge is 0.203 e. The third kappa shape index (κ3) is 3.57. The van der Waals surface area contributed by atoms with E-state index in [9.17, 15) is 4.79 Å². The molecule has 0 fully saturated rings. The average Bonchev–Trinajstić information content (AvgIpc) is 3.22. The van der Waals surface area contributed by atoms with Crippen molar-refractivity contribution in [2.45, 2.75) is 6.42 Å². The number of methoxy groups -OCH3 is 3. The van der Waals surface area contributed by atoms with E-state index >= 15 is 0 Å². The lowest BCUT2D eigenvalue weighted by Gasteiger charge is -2.13. The number of carbonyl (C=O) groups excluding carboxylic acids is 1. The predicted octanol–water partition coefficient (Wildman–Crippen LogP) is 4.08. The molecule has 7 heteroatoms. The van der Waals surface area contributed by atoms with Crippen molar-refractivity contribution >= 4 is 16.9 Å². The van der Waals surface area contributed by atoms with Crippen LogP contribution >= 0.6 is 0 Å². The van der Waals surface area contributed by atoms with Crippen LogP contribution in [0.25, 0.3) is 22.4 Å². The number of Topliss-reactive ketones (excluding diaryl/α,β-unsaturated/α-hetero) is 1. The first-order valence-corrected chi connectivity index (χ1v) is 9.36. The van der Waals surface area contributed by atoms with E-state index in [1.807, 2.05) is 30.3 Å². The molecule has 0 saturated carbocycles. The molecule has 0 radical (unpaired) electrons. The van der Waals surface area contributed by atoms with Gasteiger partial charge in [-0.2, -0.15) is 0 Å². The molecular formula is C23H21N3O4. The maximum Gasteiger partial charge on any atom is 0.203 e. The highest BCUT2D eigenvalue weighted by molar-refractivity contribution is 6.06.